The first-order chi connectivity index (χ1) is 10.2. The number of hydrogen-bond donors (Lipinski definition) is 0. The second kappa shape index (κ2) is 5.98. The van der Waals surface area contributed by atoms with Gasteiger partial charge in [0.05, 0.1) is 10.6 Å². The van der Waals surface area contributed by atoms with Gasteiger partial charge in [-0.3, -0.25) is 4.79 Å². The van der Waals surface area contributed by atoms with E-state index in [4.69, 9.17) is 4.98 Å². The van der Waals surface area contributed by atoms with E-state index in [0.717, 1.165) is 40.0 Å². The number of carbonyl (C=O) groups is 1. The minimum absolute atomic E-state index is 0.403. The number of anilines is 1. The van der Waals surface area contributed by atoms with Gasteiger partial charge in [0, 0.05) is 18.2 Å². The van der Waals surface area contributed by atoms with Crippen LogP contribution in [0.2, 0.25) is 0 Å². The van der Waals surface area contributed by atoms with Crippen molar-refractivity contribution in [2.24, 2.45) is 5.92 Å². The Balaban J connectivity index is 1.95. The van der Waals surface area contributed by atoms with Crippen molar-refractivity contribution in [2.75, 3.05) is 11.4 Å². The smallest absolute Gasteiger partial charge is 0.186 e. The van der Waals surface area contributed by atoms with Crippen molar-refractivity contribution in [3.05, 3.63) is 35.2 Å². The predicted molar refractivity (Wildman–Crippen MR) is 88.1 cm³/mol. The Morgan fingerprint density at radius 2 is 2.05 bits per heavy atom. The van der Waals surface area contributed by atoms with Crippen molar-refractivity contribution in [3.8, 4) is 11.3 Å². The molecule has 21 heavy (non-hydrogen) atoms. The number of aldehydes is 1. The third-order valence-electron chi connectivity index (χ3n) is 3.82. The molecule has 1 aliphatic rings. The third kappa shape index (κ3) is 3.16. The lowest BCUT2D eigenvalue weighted by molar-refractivity contribution is 0.112. The molecule has 110 valence electrons. The van der Waals surface area contributed by atoms with Gasteiger partial charge in [0.1, 0.15) is 0 Å². The van der Waals surface area contributed by atoms with Gasteiger partial charge in [-0.25, -0.2) is 4.98 Å². The van der Waals surface area contributed by atoms with Crippen molar-refractivity contribution in [1.82, 2.24) is 4.98 Å². The first kappa shape index (κ1) is 14.3. The molecule has 1 heterocycles. The van der Waals surface area contributed by atoms with Crippen LogP contribution in [0.25, 0.3) is 11.3 Å². The average Bonchev–Trinajstić information content (AvgIpc) is 3.22. The second-order valence-corrected chi connectivity index (χ2v) is 6.89. The number of rotatable bonds is 6. The van der Waals surface area contributed by atoms with Crippen LogP contribution in [0.15, 0.2) is 30.3 Å². The van der Waals surface area contributed by atoms with E-state index in [2.05, 4.69) is 18.7 Å². The molecule has 1 saturated carbocycles. The maximum atomic E-state index is 11.4. The van der Waals surface area contributed by atoms with Crippen LogP contribution in [0.4, 0.5) is 5.13 Å². The standard InChI is InChI=1S/C17H20N2OS/c1-12(2)19(10-13-8-9-13)17-18-16(15(11-20)21-17)14-6-4-3-5-7-14/h3-7,11-13H,8-10H2,1-2H3. The zero-order chi connectivity index (χ0) is 14.8. The van der Waals surface area contributed by atoms with Crippen LogP contribution in [0.3, 0.4) is 0 Å². The minimum atomic E-state index is 0.403. The molecular formula is C17H20N2OS. The Kier molecular flexibility index (Phi) is 4.06. The first-order valence-electron chi connectivity index (χ1n) is 7.47. The number of hydrogen-bond acceptors (Lipinski definition) is 4. The van der Waals surface area contributed by atoms with Gasteiger partial charge in [0.15, 0.2) is 11.4 Å². The number of aromatic nitrogens is 1. The molecule has 0 saturated heterocycles. The summed E-state index contributed by atoms with van der Waals surface area (Å²) in [7, 11) is 0. The summed E-state index contributed by atoms with van der Waals surface area (Å²) < 4.78 is 0. The van der Waals surface area contributed by atoms with Gasteiger partial charge in [-0.1, -0.05) is 41.7 Å². The molecule has 0 amide bonds. The normalized spacial score (nSPS) is 14.4. The van der Waals surface area contributed by atoms with E-state index in [-0.39, 0.29) is 0 Å². The molecule has 0 spiro atoms. The molecule has 0 radical (unpaired) electrons. The summed E-state index contributed by atoms with van der Waals surface area (Å²) in [5.41, 5.74) is 1.82. The van der Waals surface area contributed by atoms with Crippen LogP contribution in [0.1, 0.15) is 36.4 Å². The lowest BCUT2D eigenvalue weighted by atomic mass is 10.1. The summed E-state index contributed by atoms with van der Waals surface area (Å²) in [6.45, 7) is 5.43. The molecule has 3 nitrogen and oxygen atoms in total. The Morgan fingerprint density at radius 3 is 2.62 bits per heavy atom. The Labute approximate surface area is 129 Å². The molecule has 0 unspecified atom stereocenters. The van der Waals surface area contributed by atoms with E-state index < -0.39 is 0 Å². The Bertz CT molecular complexity index is 617. The molecule has 0 aliphatic heterocycles. The quantitative estimate of drug-likeness (QED) is 0.748. The molecule has 1 fully saturated rings. The van der Waals surface area contributed by atoms with Crippen LogP contribution < -0.4 is 4.90 Å². The minimum Gasteiger partial charge on any atom is -0.345 e. The topological polar surface area (TPSA) is 33.2 Å². The molecule has 1 aliphatic carbocycles. The van der Waals surface area contributed by atoms with Crippen molar-refractivity contribution < 1.29 is 4.79 Å². The van der Waals surface area contributed by atoms with E-state index >= 15 is 0 Å². The summed E-state index contributed by atoms with van der Waals surface area (Å²) >= 11 is 1.51. The van der Waals surface area contributed by atoms with Crippen LogP contribution in [0, 0.1) is 5.92 Å². The van der Waals surface area contributed by atoms with Gasteiger partial charge in [-0.15, -0.1) is 0 Å². The predicted octanol–water partition coefficient (Wildman–Crippen LogP) is 4.25. The maximum Gasteiger partial charge on any atom is 0.186 e. The van der Waals surface area contributed by atoms with Crippen LogP contribution >= 0.6 is 11.3 Å². The molecular weight excluding hydrogens is 280 g/mol. The highest BCUT2D eigenvalue weighted by molar-refractivity contribution is 7.17. The Morgan fingerprint density at radius 1 is 1.33 bits per heavy atom. The zero-order valence-corrected chi connectivity index (χ0v) is 13.3. The highest BCUT2D eigenvalue weighted by Crippen LogP contribution is 2.36. The van der Waals surface area contributed by atoms with E-state index in [1.807, 2.05) is 30.3 Å². The van der Waals surface area contributed by atoms with Crippen molar-refractivity contribution in [1.29, 1.82) is 0 Å². The monoisotopic (exact) mass is 300 g/mol. The fourth-order valence-corrected chi connectivity index (χ4v) is 3.46. The molecule has 0 bridgehead atoms. The number of thiazole rings is 1. The maximum absolute atomic E-state index is 11.4. The van der Waals surface area contributed by atoms with E-state index in [1.165, 1.54) is 24.2 Å². The molecule has 1 aromatic carbocycles. The van der Waals surface area contributed by atoms with Crippen LogP contribution in [0.5, 0.6) is 0 Å². The average molecular weight is 300 g/mol. The summed E-state index contributed by atoms with van der Waals surface area (Å²) in [4.78, 5) is 19.2. The summed E-state index contributed by atoms with van der Waals surface area (Å²) in [5, 5.41) is 0.970. The lowest BCUT2D eigenvalue weighted by Gasteiger charge is -2.26. The fraction of sp³-hybridized carbons (Fsp3) is 0.412. The number of benzene rings is 1. The summed E-state index contributed by atoms with van der Waals surface area (Å²) in [6, 6.07) is 10.4. The Hall–Kier alpha value is -1.68. The molecule has 2 aromatic rings. The van der Waals surface area contributed by atoms with Gasteiger partial charge in [-0.05, 0) is 32.6 Å². The molecule has 0 atom stereocenters. The highest BCUT2D eigenvalue weighted by Gasteiger charge is 2.28. The SMILES string of the molecule is CC(C)N(CC1CC1)c1nc(-c2ccccc2)c(C=O)s1. The van der Waals surface area contributed by atoms with Gasteiger partial charge in [-0.2, -0.15) is 0 Å². The van der Waals surface area contributed by atoms with Gasteiger partial charge >= 0.3 is 0 Å². The van der Waals surface area contributed by atoms with Crippen molar-refractivity contribution >= 4 is 22.8 Å². The van der Waals surface area contributed by atoms with Gasteiger partial charge in [0.2, 0.25) is 0 Å². The van der Waals surface area contributed by atoms with E-state index in [9.17, 15) is 4.79 Å². The molecule has 3 rings (SSSR count). The van der Waals surface area contributed by atoms with Gasteiger partial charge in [0.25, 0.3) is 0 Å². The highest BCUT2D eigenvalue weighted by atomic mass is 32.1. The summed E-state index contributed by atoms with van der Waals surface area (Å²) in [6.07, 6.45) is 3.57. The first-order valence-corrected chi connectivity index (χ1v) is 8.28. The van der Waals surface area contributed by atoms with E-state index in [1.54, 1.807) is 0 Å². The summed E-state index contributed by atoms with van der Waals surface area (Å²) in [5.74, 6) is 0.802. The van der Waals surface area contributed by atoms with E-state index in [0.29, 0.717) is 6.04 Å². The molecule has 4 heteroatoms. The zero-order valence-electron chi connectivity index (χ0n) is 12.5. The third-order valence-corrected chi connectivity index (χ3v) is 4.84. The molecule has 0 N–H and O–H groups in total. The number of carbonyl (C=O) groups excluding carboxylic acids is 1. The molecule has 1 aromatic heterocycles. The van der Waals surface area contributed by atoms with Crippen LogP contribution in [-0.4, -0.2) is 23.9 Å². The fourth-order valence-electron chi connectivity index (χ4n) is 2.41. The van der Waals surface area contributed by atoms with Gasteiger partial charge < -0.3 is 4.90 Å². The second-order valence-electron chi connectivity index (χ2n) is 5.88. The van der Waals surface area contributed by atoms with Crippen molar-refractivity contribution in [2.45, 2.75) is 32.7 Å². The van der Waals surface area contributed by atoms with Crippen LogP contribution in [-0.2, 0) is 0 Å². The largest absolute Gasteiger partial charge is 0.345 e. The number of nitrogens with zero attached hydrogens (tertiary/aromatic N) is 2. The lowest BCUT2D eigenvalue weighted by Crippen LogP contribution is -2.32. The van der Waals surface area contributed by atoms with Crippen molar-refractivity contribution in [3.63, 3.8) is 0 Å².